The summed E-state index contributed by atoms with van der Waals surface area (Å²) in [6.07, 6.45) is 3.96. The summed E-state index contributed by atoms with van der Waals surface area (Å²) >= 11 is 0. The van der Waals surface area contributed by atoms with Crippen LogP contribution in [0.25, 0.3) is 0 Å². The minimum atomic E-state index is -0.307. The van der Waals surface area contributed by atoms with Crippen molar-refractivity contribution in [2.45, 2.75) is 6.42 Å². The summed E-state index contributed by atoms with van der Waals surface area (Å²) in [5.74, 6) is -0.544. The van der Waals surface area contributed by atoms with Crippen molar-refractivity contribution in [1.29, 1.82) is 0 Å². The fourth-order valence-corrected chi connectivity index (χ4v) is 1.72. The van der Waals surface area contributed by atoms with Crippen LogP contribution < -0.4 is 16.4 Å². The van der Waals surface area contributed by atoms with Crippen LogP contribution in [0.2, 0.25) is 0 Å². The van der Waals surface area contributed by atoms with E-state index in [1.54, 1.807) is 36.8 Å². The molecule has 0 unspecified atom stereocenters. The number of nitrogen functional groups attached to an aromatic ring is 1. The van der Waals surface area contributed by atoms with Gasteiger partial charge >= 0.3 is 0 Å². The van der Waals surface area contributed by atoms with Gasteiger partial charge in [0.05, 0.1) is 12.9 Å². The molecular formula is C14H17N5O2. The van der Waals surface area contributed by atoms with Crippen molar-refractivity contribution in [3.8, 4) is 0 Å². The van der Waals surface area contributed by atoms with Gasteiger partial charge in [0, 0.05) is 36.1 Å². The van der Waals surface area contributed by atoms with Gasteiger partial charge in [0.25, 0.3) is 5.91 Å². The quantitative estimate of drug-likeness (QED) is 0.563. The number of hydrogen-bond donors (Lipinski definition) is 4. The third kappa shape index (κ3) is 4.64. The van der Waals surface area contributed by atoms with E-state index in [4.69, 9.17) is 5.73 Å². The first-order chi connectivity index (χ1) is 10.1. The molecule has 1 heterocycles. The number of hydrogen-bond acceptors (Lipinski definition) is 4. The molecule has 0 saturated heterocycles. The molecule has 1 aromatic heterocycles. The van der Waals surface area contributed by atoms with Crippen molar-refractivity contribution in [3.05, 3.63) is 48.0 Å². The standard InChI is InChI=1S/C14H17N5O2/c15-11-3-1-10(2-4-11)14(21)18-8-13(20)17-6-5-12-7-16-9-19-12/h1-4,7,9H,5-6,8,15H2,(H,16,19)(H,17,20)(H,18,21). The van der Waals surface area contributed by atoms with Crippen LogP contribution in [0.5, 0.6) is 0 Å². The predicted molar refractivity (Wildman–Crippen MR) is 78.5 cm³/mol. The number of benzene rings is 1. The molecule has 5 N–H and O–H groups in total. The Morgan fingerprint density at radius 1 is 1.19 bits per heavy atom. The number of aromatic nitrogens is 2. The van der Waals surface area contributed by atoms with Gasteiger partial charge < -0.3 is 21.4 Å². The van der Waals surface area contributed by atoms with Gasteiger partial charge in [-0.1, -0.05) is 0 Å². The Labute approximate surface area is 122 Å². The normalized spacial score (nSPS) is 10.1. The molecule has 7 nitrogen and oxygen atoms in total. The Balaban J connectivity index is 1.68. The highest BCUT2D eigenvalue weighted by molar-refractivity contribution is 5.96. The zero-order chi connectivity index (χ0) is 15.1. The molecular weight excluding hydrogens is 270 g/mol. The molecule has 0 aliphatic rings. The van der Waals surface area contributed by atoms with E-state index in [9.17, 15) is 9.59 Å². The first-order valence-electron chi connectivity index (χ1n) is 6.53. The highest BCUT2D eigenvalue weighted by Gasteiger charge is 2.07. The molecule has 7 heteroatoms. The molecule has 0 spiro atoms. The van der Waals surface area contributed by atoms with Crippen molar-refractivity contribution in [1.82, 2.24) is 20.6 Å². The lowest BCUT2D eigenvalue weighted by atomic mass is 10.2. The first-order valence-corrected chi connectivity index (χ1v) is 6.53. The second kappa shape index (κ2) is 7.09. The first kappa shape index (κ1) is 14.6. The largest absolute Gasteiger partial charge is 0.399 e. The second-order valence-electron chi connectivity index (χ2n) is 4.48. The molecule has 0 saturated carbocycles. The zero-order valence-electron chi connectivity index (χ0n) is 11.4. The zero-order valence-corrected chi connectivity index (χ0v) is 11.4. The van der Waals surface area contributed by atoms with Crippen LogP contribution in [0.1, 0.15) is 16.1 Å². The molecule has 0 aliphatic heterocycles. The third-order valence-electron chi connectivity index (χ3n) is 2.85. The van der Waals surface area contributed by atoms with Gasteiger partial charge in [-0.25, -0.2) is 4.98 Å². The highest BCUT2D eigenvalue weighted by atomic mass is 16.2. The number of carbonyl (C=O) groups is 2. The number of H-pyrrole nitrogens is 1. The Morgan fingerprint density at radius 3 is 2.62 bits per heavy atom. The lowest BCUT2D eigenvalue weighted by Gasteiger charge is -2.06. The maximum absolute atomic E-state index is 11.8. The summed E-state index contributed by atoms with van der Waals surface area (Å²) in [6.45, 7) is 0.422. The number of carbonyl (C=O) groups excluding carboxylic acids is 2. The number of amides is 2. The summed E-state index contributed by atoms with van der Waals surface area (Å²) in [7, 11) is 0. The Kier molecular flexibility index (Phi) is 4.92. The maximum Gasteiger partial charge on any atom is 0.251 e. The van der Waals surface area contributed by atoms with Gasteiger partial charge in [0.1, 0.15) is 0 Å². The SMILES string of the molecule is Nc1ccc(C(=O)NCC(=O)NCCc2cnc[nH]2)cc1. The van der Waals surface area contributed by atoms with Gasteiger partial charge in [0.2, 0.25) is 5.91 Å². The number of aromatic amines is 1. The number of imidazole rings is 1. The van der Waals surface area contributed by atoms with Crippen LogP contribution in [0, 0.1) is 0 Å². The summed E-state index contributed by atoms with van der Waals surface area (Å²) in [5.41, 5.74) is 7.54. The fourth-order valence-electron chi connectivity index (χ4n) is 1.72. The average molecular weight is 287 g/mol. The average Bonchev–Trinajstić information content (AvgIpc) is 2.99. The number of nitrogens with zero attached hydrogens (tertiary/aromatic N) is 1. The van der Waals surface area contributed by atoms with Gasteiger partial charge in [0.15, 0.2) is 0 Å². The highest BCUT2D eigenvalue weighted by Crippen LogP contribution is 2.04. The van der Waals surface area contributed by atoms with Gasteiger partial charge in [-0.05, 0) is 24.3 Å². The number of nitrogens with one attached hydrogen (secondary N) is 3. The number of nitrogens with two attached hydrogens (primary N) is 1. The molecule has 2 rings (SSSR count). The third-order valence-corrected chi connectivity index (χ3v) is 2.85. The summed E-state index contributed by atoms with van der Waals surface area (Å²) < 4.78 is 0. The molecule has 0 radical (unpaired) electrons. The van der Waals surface area contributed by atoms with Gasteiger partial charge in [-0.15, -0.1) is 0 Å². The van der Waals surface area contributed by atoms with E-state index >= 15 is 0 Å². The van der Waals surface area contributed by atoms with E-state index in [0.717, 1.165) is 5.69 Å². The topological polar surface area (TPSA) is 113 Å². The molecule has 0 atom stereocenters. The monoisotopic (exact) mass is 287 g/mol. The van der Waals surface area contributed by atoms with E-state index in [0.29, 0.717) is 24.2 Å². The van der Waals surface area contributed by atoms with E-state index in [1.807, 2.05) is 0 Å². The van der Waals surface area contributed by atoms with Crippen molar-refractivity contribution < 1.29 is 9.59 Å². The van der Waals surface area contributed by atoms with Crippen molar-refractivity contribution in [2.75, 3.05) is 18.8 Å². The molecule has 110 valence electrons. The minimum absolute atomic E-state index is 0.0633. The molecule has 1 aromatic carbocycles. The van der Waals surface area contributed by atoms with E-state index in [1.165, 1.54) is 0 Å². The van der Waals surface area contributed by atoms with Crippen molar-refractivity contribution >= 4 is 17.5 Å². The smallest absolute Gasteiger partial charge is 0.251 e. The molecule has 0 fully saturated rings. The molecule has 0 aliphatic carbocycles. The van der Waals surface area contributed by atoms with E-state index in [2.05, 4.69) is 20.6 Å². The lowest BCUT2D eigenvalue weighted by Crippen LogP contribution is -2.37. The van der Waals surface area contributed by atoms with Gasteiger partial charge in [-0.2, -0.15) is 0 Å². The van der Waals surface area contributed by atoms with E-state index < -0.39 is 0 Å². The van der Waals surface area contributed by atoms with Crippen molar-refractivity contribution in [2.24, 2.45) is 0 Å². The van der Waals surface area contributed by atoms with Crippen LogP contribution in [0.3, 0.4) is 0 Å². The van der Waals surface area contributed by atoms with Crippen LogP contribution in [0.15, 0.2) is 36.8 Å². The number of anilines is 1. The minimum Gasteiger partial charge on any atom is -0.399 e. The molecule has 21 heavy (non-hydrogen) atoms. The summed E-state index contributed by atoms with van der Waals surface area (Å²) in [6, 6.07) is 6.50. The predicted octanol–water partition coefficient (Wildman–Crippen LogP) is 0.0806. The van der Waals surface area contributed by atoms with E-state index in [-0.39, 0.29) is 18.4 Å². The second-order valence-corrected chi connectivity index (χ2v) is 4.48. The maximum atomic E-state index is 11.8. The van der Waals surface area contributed by atoms with Crippen LogP contribution in [0.4, 0.5) is 5.69 Å². The number of rotatable bonds is 6. The van der Waals surface area contributed by atoms with Crippen LogP contribution >= 0.6 is 0 Å². The van der Waals surface area contributed by atoms with Crippen LogP contribution in [-0.4, -0.2) is 34.9 Å². The Bertz CT molecular complexity index is 592. The van der Waals surface area contributed by atoms with Crippen LogP contribution in [-0.2, 0) is 11.2 Å². The summed E-state index contributed by atoms with van der Waals surface area (Å²) in [5, 5.41) is 5.27. The molecule has 2 amide bonds. The Morgan fingerprint density at radius 2 is 1.95 bits per heavy atom. The summed E-state index contributed by atoms with van der Waals surface area (Å²) in [4.78, 5) is 30.2. The molecule has 2 aromatic rings. The Hall–Kier alpha value is -2.83. The van der Waals surface area contributed by atoms with Gasteiger partial charge in [-0.3, -0.25) is 9.59 Å². The lowest BCUT2D eigenvalue weighted by molar-refractivity contribution is -0.120. The fraction of sp³-hybridized carbons (Fsp3) is 0.214. The van der Waals surface area contributed by atoms with Crippen molar-refractivity contribution in [3.63, 3.8) is 0 Å². The molecule has 0 bridgehead atoms.